The molecule has 4 aliphatic carbocycles. The smallest absolute Gasteiger partial charge is 0.267 e. The number of amides is 1. The first-order chi connectivity index (χ1) is 28.2. The lowest BCUT2D eigenvalue weighted by Crippen LogP contribution is -2.38. The predicted molar refractivity (Wildman–Crippen MR) is 217 cm³/mol. The highest BCUT2D eigenvalue weighted by atomic mass is 35.5. The Balaban J connectivity index is 1.20. The topological polar surface area (TPSA) is 119 Å². The van der Waals surface area contributed by atoms with Crippen LogP contribution in [0.5, 0.6) is 0 Å². The van der Waals surface area contributed by atoms with Gasteiger partial charge in [0.05, 0.1) is 27.8 Å². The van der Waals surface area contributed by atoms with Crippen molar-refractivity contribution in [3.63, 3.8) is 0 Å². The van der Waals surface area contributed by atoms with E-state index in [9.17, 15) is 22.4 Å². The number of alkyl halides is 2. The molecule has 308 valence electrons. The molecule has 5 aromatic rings. The van der Waals surface area contributed by atoms with Gasteiger partial charge in [-0.25, -0.2) is 27.5 Å². The van der Waals surface area contributed by atoms with Crippen molar-refractivity contribution in [2.75, 3.05) is 0 Å². The van der Waals surface area contributed by atoms with Crippen LogP contribution in [0.1, 0.15) is 139 Å². The molecule has 0 bridgehead atoms. The Morgan fingerprint density at radius 2 is 1.76 bits per heavy atom. The van der Waals surface area contributed by atoms with Gasteiger partial charge in [0, 0.05) is 65.4 Å². The minimum absolute atomic E-state index is 0.0451. The third-order valence-corrected chi connectivity index (χ3v) is 13.1. The molecular formula is C45H46ClF4N7O2. The van der Waals surface area contributed by atoms with Gasteiger partial charge in [0.1, 0.15) is 24.0 Å². The number of hydrogen-bond donors (Lipinski definition) is 2. The molecule has 14 heteroatoms. The van der Waals surface area contributed by atoms with Gasteiger partial charge in [0.25, 0.3) is 5.56 Å². The predicted octanol–water partition coefficient (Wildman–Crippen LogP) is 9.62. The van der Waals surface area contributed by atoms with Crippen molar-refractivity contribution < 1.29 is 22.4 Å². The molecule has 9 nitrogen and oxygen atoms in total. The Bertz CT molecular complexity index is 2590. The standard InChI is InChI=1S/C45H46ClF4N7O2/c1-4-5-32(51)39-23(3)35(9-8-31(39)46)57-43(54-42-38(44(57)59)22(2)14-33(53-42)25-10-12-45(49,50)13-11-25)34(17-24-15-28(47)20-29(48)16-24)52-37(58)21-56-36-19-27-18-30(27)40(36)41(55-56)26-6-7-26/h8-9,14-16,20,25-27,30,34,51H,4-7,10-13,17-19,21H2,1-3H3,(H,52,58). The normalized spacial score (nSPS) is 20.1. The summed E-state index contributed by atoms with van der Waals surface area (Å²) in [5.74, 6) is -3.52. The van der Waals surface area contributed by atoms with Crippen molar-refractivity contribution in [2.24, 2.45) is 5.92 Å². The van der Waals surface area contributed by atoms with E-state index in [0.717, 1.165) is 43.1 Å². The van der Waals surface area contributed by atoms with Crippen molar-refractivity contribution >= 4 is 34.3 Å². The van der Waals surface area contributed by atoms with Crippen LogP contribution >= 0.6 is 11.6 Å². The molecule has 2 N–H and O–H groups in total. The minimum Gasteiger partial charge on any atom is -0.344 e. The summed E-state index contributed by atoms with van der Waals surface area (Å²) in [5, 5.41) is 17.4. The van der Waals surface area contributed by atoms with E-state index in [0.29, 0.717) is 63.7 Å². The molecule has 3 saturated carbocycles. The van der Waals surface area contributed by atoms with Gasteiger partial charge < -0.3 is 10.7 Å². The van der Waals surface area contributed by atoms with E-state index < -0.39 is 35.1 Å². The van der Waals surface area contributed by atoms with Crippen molar-refractivity contribution in [1.29, 1.82) is 5.41 Å². The van der Waals surface area contributed by atoms with E-state index in [4.69, 9.17) is 32.1 Å². The van der Waals surface area contributed by atoms with Crippen LogP contribution in [0.2, 0.25) is 5.02 Å². The van der Waals surface area contributed by atoms with Gasteiger partial charge in [0.2, 0.25) is 11.8 Å². The fourth-order valence-electron chi connectivity index (χ4n) is 9.63. The van der Waals surface area contributed by atoms with E-state index in [2.05, 4.69) is 5.32 Å². The molecule has 9 rings (SSSR count). The van der Waals surface area contributed by atoms with Crippen LogP contribution in [0.4, 0.5) is 17.6 Å². The zero-order chi connectivity index (χ0) is 41.5. The van der Waals surface area contributed by atoms with Crippen molar-refractivity contribution in [3.8, 4) is 5.69 Å². The summed E-state index contributed by atoms with van der Waals surface area (Å²) in [7, 11) is 0. The fraction of sp³-hybridized carbons (Fsp3) is 0.467. The number of carbonyl (C=O) groups excluding carboxylic acids is 1. The highest BCUT2D eigenvalue weighted by Gasteiger charge is 2.51. The highest BCUT2D eigenvalue weighted by Crippen LogP contribution is 2.60. The zero-order valence-corrected chi connectivity index (χ0v) is 34.0. The van der Waals surface area contributed by atoms with Crippen LogP contribution < -0.4 is 10.9 Å². The quantitative estimate of drug-likeness (QED) is 0.0960. The van der Waals surface area contributed by atoms with E-state index in [1.165, 1.54) is 22.3 Å². The first-order valence-corrected chi connectivity index (χ1v) is 21.1. The lowest BCUT2D eigenvalue weighted by molar-refractivity contribution is -0.122. The number of nitrogens with one attached hydrogen (secondary N) is 2. The van der Waals surface area contributed by atoms with Gasteiger partial charge in [-0.05, 0) is 118 Å². The molecule has 3 aromatic heterocycles. The first-order valence-electron chi connectivity index (χ1n) is 20.7. The minimum atomic E-state index is -2.75. The van der Waals surface area contributed by atoms with Crippen LogP contribution in [-0.2, 0) is 24.2 Å². The van der Waals surface area contributed by atoms with Crippen LogP contribution in [0.15, 0.2) is 41.2 Å². The molecule has 59 heavy (non-hydrogen) atoms. The SMILES string of the molecule is CCCC(=N)c1c(Cl)ccc(-n2c(C(Cc3cc(F)cc(F)c3)NC(=O)Cn3nc(C4CC4)c4c3CC3CC43)nc3nc(C4CCC(F)(F)CC4)cc(C)c3c2=O)c1C. The molecule has 1 amide bonds. The Hall–Kier alpha value is -4.91. The number of carbonyl (C=O) groups is 1. The molecule has 4 aliphatic rings. The Labute approximate surface area is 344 Å². The molecule has 2 aromatic carbocycles. The van der Waals surface area contributed by atoms with Gasteiger partial charge in [0.15, 0.2) is 5.65 Å². The Kier molecular flexibility index (Phi) is 10.0. The van der Waals surface area contributed by atoms with Crippen molar-refractivity contribution in [2.45, 2.75) is 128 Å². The number of fused-ring (bicyclic) bond motifs is 4. The third-order valence-electron chi connectivity index (χ3n) is 12.8. The van der Waals surface area contributed by atoms with E-state index in [1.54, 1.807) is 36.7 Å². The largest absolute Gasteiger partial charge is 0.344 e. The van der Waals surface area contributed by atoms with Gasteiger partial charge in [-0.2, -0.15) is 5.10 Å². The number of aryl methyl sites for hydroxylation is 1. The molecule has 3 atom stereocenters. The third kappa shape index (κ3) is 7.48. The second kappa shape index (κ2) is 15.0. The number of aromatic nitrogens is 5. The van der Waals surface area contributed by atoms with Crippen LogP contribution in [0.3, 0.4) is 0 Å². The maximum atomic E-state index is 15.1. The van der Waals surface area contributed by atoms with Gasteiger partial charge in [-0.15, -0.1) is 0 Å². The molecule has 0 saturated heterocycles. The molecule has 0 radical (unpaired) electrons. The number of nitrogens with zero attached hydrogens (tertiary/aromatic N) is 5. The number of benzene rings is 2. The summed E-state index contributed by atoms with van der Waals surface area (Å²) in [5.41, 5.74) is 5.98. The van der Waals surface area contributed by atoms with E-state index in [1.807, 2.05) is 6.92 Å². The molecule has 3 fully saturated rings. The summed E-state index contributed by atoms with van der Waals surface area (Å²) in [4.78, 5) is 39.3. The second-order valence-electron chi connectivity index (χ2n) is 17.2. The van der Waals surface area contributed by atoms with E-state index >= 15 is 4.79 Å². The second-order valence-corrected chi connectivity index (χ2v) is 17.6. The van der Waals surface area contributed by atoms with Gasteiger partial charge in [-0.3, -0.25) is 18.8 Å². The lowest BCUT2D eigenvalue weighted by Gasteiger charge is -2.28. The summed E-state index contributed by atoms with van der Waals surface area (Å²) in [6, 6.07) is 7.03. The van der Waals surface area contributed by atoms with Crippen LogP contribution in [0.25, 0.3) is 16.7 Å². The highest BCUT2D eigenvalue weighted by molar-refractivity contribution is 6.34. The average Bonchev–Trinajstić information content (AvgIpc) is 4.09. The number of pyridine rings is 1. The molecule has 3 heterocycles. The first kappa shape index (κ1) is 39.5. The lowest BCUT2D eigenvalue weighted by atomic mass is 9.84. The number of hydrogen-bond acceptors (Lipinski definition) is 6. The molecule has 0 spiro atoms. The number of rotatable bonds is 12. The summed E-state index contributed by atoms with van der Waals surface area (Å²) < 4.78 is 61.1. The Morgan fingerprint density at radius 3 is 2.46 bits per heavy atom. The zero-order valence-electron chi connectivity index (χ0n) is 33.3. The summed E-state index contributed by atoms with van der Waals surface area (Å²) >= 11 is 6.71. The van der Waals surface area contributed by atoms with Crippen molar-refractivity contribution in [3.05, 3.63) is 114 Å². The summed E-state index contributed by atoms with van der Waals surface area (Å²) in [6.07, 6.45) is 5.02. The summed E-state index contributed by atoms with van der Waals surface area (Å²) in [6.45, 7) is 5.37. The number of halogens is 5. The maximum Gasteiger partial charge on any atom is 0.267 e. The maximum absolute atomic E-state index is 15.1. The fourth-order valence-corrected chi connectivity index (χ4v) is 9.95. The average molecular weight is 828 g/mol. The monoisotopic (exact) mass is 827 g/mol. The molecular weight excluding hydrogens is 782 g/mol. The Morgan fingerprint density at radius 1 is 1.03 bits per heavy atom. The molecule has 3 unspecified atom stereocenters. The van der Waals surface area contributed by atoms with Crippen molar-refractivity contribution in [1.82, 2.24) is 29.6 Å². The van der Waals surface area contributed by atoms with Gasteiger partial charge >= 0.3 is 0 Å². The van der Waals surface area contributed by atoms with E-state index in [-0.39, 0.29) is 72.7 Å². The molecule has 0 aliphatic heterocycles. The van der Waals surface area contributed by atoms with Gasteiger partial charge in [-0.1, -0.05) is 24.9 Å². The van der Waals surface area contributed by atoms with Crippen LogP contribution in [-0.4, -0.2) is 41.9 Å². The van der Waals surface area contributed by atoms with Crippen LogP contribution in [0, 0.1) is 36.8 Å².